The maximum Gasteiger partial charge on any atom is 0.416 e. The summed E-state index contributed by atoms with van der Waals surface area (Å²) in [7, 11) is 0. The third-order valence-electron chi connectivity index (χ3n) is 3.90. The van der Waals surface area contributed by atoms with Gasteiger partial charge in [-0.05, 0) is 18.2 Å². The molecule has 1 aromatic rings. The monoisotopic (exact) mass is 409 g/mol. The van der Waals surface area contributed by atoms with Gasteiger partial charge in [-0.25, -0.2) is 0 Å². The standard InChI is InChI=1S/C16H18F3N3O4.ClH/c17-16(18,19)12-3-1-2-11(8-12)15(26)22-6-4-21(5-7-22)10-13(23)20-9-14(24)25;/h1-3,8H,4-7,9-10H2,(H,20,23)(H,24,25);1H. The van der Waals surface area contributed by atoms with Crippen molar-refractivity contribution < 1.29 is 32.7 Å². The van der Waals surface area contributed by atoms with Crippen molar-refractivity contribution >= 4 is 30.2 Å². The van der Waals surface area contributed by atoms with Crippen LogP contribution in [0, 0.1) is 0 Å². The van der Waals surface area contributed by atoms with Gasteiger partial charge in [0.1, 0.15) is 6.54 Å². The molecule has 1 aliphatic rings. The number of nitrogens with one attached hydrogen (secondary N) is 1. The molecule has 2 amide bonds. The topological polar surface area (TPSA) is 89.9 Å². The Morgan fingerprint density at radius 2 is 1.74 bits per heavy atom. The highest BCUT2D eigenvalue weighted by Crippen LogP contribution is 2.29. The average molecular weight is 410 g/mol. The smallest absolute Gasteiger partial charge is 0.416 e. The summed E-state index contributed by atoms with van der Waals surface area (Å²) in [6.45, 7) is 0.796. The van der Waals surface area contributed by atoms with Crippen LogP contribution in [0.25, 0.3) is 0 Å². The number of rotatable bonds is 5. The molecule has 0 saturated carbocycles. The molecule has 27 heavy (non-hydrogen) atoms. The zero-order valence-corrected chi connectivity index (χ0v) is 15.0. The Labute approximate surface area is 159 Å². The summed E-state index contributed by atoms with van der Waals surface area (Å²) in [5.41, 5.74) is -0.912. The minimum Gasteiger partial charge on any atom is -0.480 e. The van der Waals surface area contributed by atoms with Crippen molar-refractivity contribution in [3.8, 4) is 0 Å². The number of hydrogen-bond acceptors (Lipinski definition) is 4. The molecule has 11 heteroatoms. The Balaban J connectivity index is 0.00000364. The first-order chi connectivity index (χ1) is 12.2. The maximum absolute atomic E-state index is 12.8. The maximum atomic E-state index is 12.8. The van der Waals surface area contributed by atoms with Gasteiger partial charge in [0.2, 0.25) is 5.91 Å². The lowest BCUT2D eigenvalue weighted by Crippen LogP contribution is -2.51. The molecule has 1 saturated heterocycles. The van der Waals surface area contributed by atoms with E-state index in [1.54, 1.807) is 4.90 Å². The van der Waals surface area contributed by atoms with Crippen molar-refractivity contribution in [3.05, 3.63) is 35.4 Å². The van der Waals surface area contributed by atoms with E-state index in [0.29, 0.717) is 13.1 Å². The Morgan fingerprint density at radius 3 is 2.30 bits per heavy atom. The molecule has 7 nitrogen and oxygen atoms in total. The Hall–Kier alpha value is -2.33. The van der Waals surface area contributed by atoms with E-state index >= 15 is 0 Å². The lowest BCUT2D eigenvalue weighted by atomic mass is 10.1. The first-order valence-corrected chi connectivity index (χ1v) is 7.84. The molecule has 1 aliphatic heterocycles. The van der Waals surface area contributed by atoms with E-state index in [-0.39, 0.29) is 37.6 Å². The van der Waals surface area contributed by atoms with Crippen LogP contribution < -0.4 is 5.32 Å². The largest absolute Gasteiger partial charge is 0.480 e. The van der Waals surface area contributed by atoms with Crippen LogP contribution in [-0.2, 0) is 15.8 Å². The molecular weight excluding hydrogens is 391 g/mol. The third-order valence-corrected chi connectivity index (χ3v) is 3.90. The number of carbonyl (C=O) groups excluding carboxylic acids is 2. The molecule has 0 bridgehead atoms. The van der Waals surface area contributed by atoms with Gasteiger partial charge in [0, 0.05) is 31.7 Å². The predicted octanol–water partition coefficient (Wildman–Crippen LogP) is 1.09. The van der Waals surface area contributed by atoms with E-state index in [1.165, 1.54) is 17.0 Å². The molecule has 0 unspecified atom stereocenters. The van der Waals surface area contributed by atoms with Gasteiger partial charge in [-0.3, -0.25) is 19.3 Å². The van der Waals surface area contributed by atoms with E-state index in [9.17, 15) is 27.6 Å². The number of amides is 2. The van der Waals surface area contributed by atoms with Gasteiger partial charge < -0.3 is 15.3 Å². The lowest BCUT2D eigenvalue weighted by molar-refractivity contribution is -0.138. The van der Waals surface area contributed by atoms with Gasteiger partial charge in [-0.15, -0.1) is 12.4 Å². The molecular formula is C16H19ClF3N3O4. The summed E-state index contributed by atoms with van der Waals surface area (Å²) in [5.74, 6) is -2.08. The fourth-order valence-corrected chi connectivity index (χ4v) is 2.55. The van der Waals surface area contributed by atoms with Gasteiger partial charge in [-0.1, -0.05) is 6.07 Å². The van der Waals surface area contributed by atoms with Crippen molar-refractivity contribution in [2.45, 2.75) is 6.18 Å². The van der Waals surface area contributed by atoms with Crippen molar-refractivity contribution in [2.24, 2.45) is 0 Å². The van der Waals surface area contributed by atoms with Crippen LogP contribution in [0.2, 0.25) is 0 Å². The van der Waals surface area contributed by atoms with Crippen molar-refractivity contribution in [1.29, 1.82) is 0 Å². The van der Waals surface area contributed by atoms with Crippen molar-refractivity contribution in [3.63, 3.8) is 0 Å². The molecule has 0 atom stereocenters. The Kier molecular flexibility index (Phi) is 8.04. The minimum absolute atomic E-state index is 0. The number of hydrogen-bond donors (Lipinski definition) is 2. The van der Waals surface area contributed by atoms with Gasteiger partial charge in [0.15, 0.2) is 0 Å². The van der Waals surface area contributed by atoms with Crippen molar-refractivity contribution in [2.75, 3.05) is 39.3 Å². The summed E-state index contributed by atoms with van der Waals surface area (Å²) >= 11 is 0. The summed E-state index contributed by atoms with van der Waals surface area (Å²) in [5, 5.41) is 10.7. The molecule has 2 rings (SSSR count). The molecule has 0 spiro atoms. The Bertz CT molecular complexity index is 692. The van der Waals surface area contributed by atoms with Gasteiger partial charge in [0.25, 0.3) is 5.91 Å². The van der Waals surface area contributed by atoms with E-state index in [0.717, 1.165) is 12.1 Å². The third kappa shape index (κ3) is 6.72. The van der Waals surface area contributed by atoms with Crippen LogP contribution in [0.3, 0.4) is 0 Å². The molecule has 1 aromatic carbocycles. The molecule has 2 N–H and O–H groups in total. The number of piperazine rings is 1. The summed E-state index contributed by atoms with van der Waals surface area (Å²) in [6, 6.07) is 4.26. The number of carboxylic acid groups (broad SMARTS) is 1. The van der Waals surface area contributed by atoms with Crippen LogP contribution >= 0.6 is 12.4 Å². The number of alkyl halides is 3. The average Bonchev–Trinajstić information content (AvgIpc) is 2.59. The summed E-state index contributed by atoms with van der Waals surface area (Å²) < 4.78 is 38.3. The molecule has 0 aliphatic carbocycles. The second kappa shape index (κ2) is 9.56. The van der Waals surface area contributed by atoms with Crippen LogP contribution in [0.1, 0.15) is 15.9 Å². The van der Waals surface area contributed by atoms with Gasteiger partial charge >= 0.3 is 12.1 Å². The fraction of sp³-hybridized carbons (Fsp3) is 0.438. The highest BCUT2D eigenvalue weighted by atomic mass is 35.5. The molecule has 150 valence electrons. The molecule has 0 radical (unpaired) electrons. The quantitative estimate of drug-likeness (QED) is 0.759. The summed E-state index contributed by atoms with van der Waals surface area (Å²) in [6.07, 6.45) is -4.52. The fourth-order valence-electron chi connectivity index (χ4n) is 2.55. The minimum atomic E-state index is -4.52. The SMILES string of the molecule is Cl.O=C(O)CNC(=O)CN1CCN(C(=O)c2cccc(C(F)(F)F)c2)CC1. The van der Waals surface area contributed by atoms with Crippen molar-refractivity contribution in [1.82, 2.24) is 15.1 Å². The number of carboxylic acids is 1. The van der Waals surface area contributed by atoms with Crippen LogP contribution in [0.5, 0.6) is 0 Å². The molecule has 1 heterocycles. The number of halogens is 4. The second-order valence-corrected chi connectivity index (χ2v) is 5.82. The van der Waals surface area contributed by atoms with Crippen LogP contribution in [-0.4, -0.2) is 72.0 Å². The summed E-state index contributed by atoms with van der Waals surface area (Å²) in [4.78, 5) is 37.5. The number of nitrogens with zero attached hydrogens (tertiary/aromatic N) is 2. The second-order valence-electron chi connectivity index (χ2n) is 5.82. The highest BCUT2D eigenvalue weighted by Gasteiger charge is 2.31. The normalized spacial score (nSPS) is 15.0. The highest BCUT2D eigenvalue weighted by molar-refractivity contribution is 5.94. The van der Waals surface area contributed by atoms with Gasteiger partial charge in [0.05, 0.1) is 12.1 Å². The lowest BCUT2D eigenvalue weighted by Gasteiger charge is -2.34. The van der Waals surface area contributed by atoms with Gasteiger partial charge in [-0.2, -0.15) is 13.2 Å². The molecule has 1 fully saturated rings. The van der Waals surface area contributed by atoms with E-state index in [2.05, 4.69) is 5.32 Å². The number of benzene rings is 1. The zero-order chi connectivity index (χ0) is 19.3. The van der Waals surface area contributed by atoms with E-state index in [1.807, 2.05) is 0 Å². The number of carbonyl (C=O) groups is 3. The Morgan fingerprint density at radius 1 is 1.11 bits per heavy atom. The van der Waals surface area contributed by atoms with Crippen LogP contribution in [0.4, 0.5) is 13.2 Å². The van der Waals surface area contributed by atoms with Crippen LogP contribution in [0.15, 0.2) is 24.3 Å². The first-order valence-electron chi connectivity index (χ1n) is 7.84. The number of aliphatic carboxylic acids is 1. The molecule has 0 aromatic heterocycles. The zero-order valence-electron chi connectivity index (χ0n) is 14.2. The predicted molar refractivity (Wildman–Crippen MR) is 91.7 cm³/mol. The first kappa shape index (κ1) is 22.7. The van der Waals surface area contributed by atoms with E-state index < -0.39 is 36.1 Å². The van der Waals surface area contributed by atoms with E-state index in [4.69, 9.17) is 5.11 Å².